The molecule has 14 heavy (non-hydrogen) atoms. The van der Waals surface area contributed by atoms with Gasteiger partial charge in [0.15, 0.2) is 0 Å². The first-order chi connectivity index (χ1) is 6.33. The minimum absolute atomic E-state index is 0.261. The van der Waals surface area contributed by atoms with Crippen LogP contribution in [0.2, 0.25) is 0 Å². The summed E-state index contributed by atoms with van der Waals surface area (Å²) in [6.07, 6.45) is 0.261. The van der Waals surface area contributed by atoms with Crippen molar-refractivity contribution in [1.82, 2.24) is 0 Å². The smallest absolute Gasteiger partial charge is 0.210 e. The molecule has 0 spiro atoms. The van der Waals surface area contributed by atoms with Gasteiger partial charge in [0.1, 0.15) is 0 Å². The van der Waals surface area contributed by atoms with Crippen molar-refractivity contribution in [1.29, 1.82) is 0 Å². The molecule has 78 valence electrons. The first kappa shape index (κ1) is 11.5. The van der Waals surface area contributed by atoms with Gasteiger partial charge in [-0.05, 0) is 5.56 Å². The summed E-state index contributed by atoms with van der Waals surface area (Å²) in [5, 5.41) is -0.539. The SMILES string of the molecule is CC(C)(C)P(=O)(O)Cc1ccccc1. The van der Waals surface area contributed by atoms with E-state index in [1.54, 1.807) is 20.8 Å². The first-order valence-electron chi connectivity index (χ1n) is 4.69. The lowest BCUT2D eigenvalue weighted by atomic mass is 10.2. The zero-order valence-corrected chi connectivity index (χ0v) is 9.79. The molecule has 0 aromatic heterocycles. The molecule has 0 saturated heterocycles. The van der Waals surface area contributed by atoms with Crippen LogP contribution in [0.15, 0.2) is 30.3 Å². The number of hydrogen-bond acceptors (Lipinski definition) is 1. The molecule has 0 aliphatic heterocycles. The summed E-state index contributed by atoms with van der Waals surface area (Å²) >= 11 is 0. The second-order valence-corrected chi connectivity index (χ2v) is 7.58. The average molecular weight is 212 g/mol. The van der Waals surface area contributed by atoms with Crippen LogP contribution in [0.5, 0.6) is 0 Å². The summed E-state index contributed by atoms with van der Waals surface area (Å²) in [4.78, 5) is 9.86. The molecule has 0 saturated carbocycles. The molecule has 1 aromatic carbocycles. The lowest BCUT2D eigenvalue weighted by Crippen LogP contribution is -2.15. The molecule has 1 aromatic rings. The molecule has 0 aliphatic carbocycles. The van der Waals surface area contributed by atoms with Crippen molar-refractivity contribution >= 4 is 7.37 Å². The lowest BCUT2D eigenvalue weighted by molar-refractivity contribution is 0.444. The molecular weight excluding hydrogens is 195 g/mol. The highest BCUT2D eigenvalue weighted by Gasteiger charge is 2.34. The predicted molar refractivity (Wildman–Crippen MR) is 59.7 cm³/mol. The standard InChI is InChI=1S/C11H17O2P/c1-11(2,3)14(12,13)9-10-7-5-4-6-8-10/h4-8H,9H2,1-3H3,(H,12,13). The Kier molecular flexibility index (Phi) is 3.18. The van der Waals surface area contributed by atoms with Gasteiger partial charge in [-0.2, -0.15) is 0 Å². The Morgan fingerprint density at radius 1 is 1.21 bits per heavy atom. The van der Waals surface area contributed by atoms with Gasteiger partial charge in [-0.25, -0.2) is 0 Å². The van der Waals surface area contributed by atoms with Crippen LogP contribution in [0.3, 0.4) is 0 Å². The highest BCUT2D eigenvalue weighted by molar-refractivity contribution is 7.58. The average Bonchev–Trinajstić information content (AvgIpc) is 2.03. The van der Waals surface area contributed by atoms with Gasteiger partial charge in [0.05, 0.1) is 6.16 Å². The monoisotopic (exact) mass is 212 g/mol. The van der Waals surface area contributed by atoms with Crippen molar-refractivity contribution in [2.75, 3.05) is 0 Å². The first-order valence-corrected chi connectivity index (χ1v) is 6.53. The van der Waals surface area contributed by atoms with E-state index in [-0.39, 0.29) is 6.16 Å². The predicted octanol–water partition coefficient (Wildman–Crippen LogP) is 3.26. The van der Waals surface area contributed by atoms with Gasteiger partial charge in [-0.3, -0.25) is 4.57 Å². The van der Waals surface area contributed by atoms with E-state index in [1.165, 1.54) is 0 Å². The molecule has 0 amide bonds. The van der Waals surface area contributed by atoms with Gasteiger partial charge < -0.3 is 4.89 Å². The second kappa shape index (κ2) is 3.88. The van der Waals surface area contributed by atoms with E-state index in [4.69, 9.17) is 0 Å². The van der Waals surface area contributed by atoms with Crippen molar-refractivity contribution < 1.29 is 9.46 Å². The fourth-order valence-corrected chi connectivity index (χ4v) is 2.25. The topological polar surface area (TPSA) is 37.3 Å². The maximum Gasteiger partial charge on any atom is 0.210 e. The van der Waals surface area contributed by atoms with Gasteiger partial charge in [-0.1, -0.05) is 51.1 Å². The third-order valence-corrected chi connectivity index (χ3v) is 5.18. The van der Waals surface area contributed by atoms with Crippen LogP contribution in [0.25, 0.3) is 0 Å². The summed E-state index contributed by atoms with van der Waals surface area (Å²) in [5.74, 6) is 0. The van der Waals surface area contributed by atoms with Crippen molar-refractivity contribution in [3.05, 3.63) is 35.9 Å². The van der Waals surface area contributed by atoms with Crippen LogP contribution in [0, 0.1) is 0 Å². The molecule has 0 fully saturated rings. The molecule has 1 N–H and O–H groups in total. The Labute approximate surface area is 85.4 Å². The van der Waals surface area contributed by atoms with E-state index in [0.717, 1.165) is 5.56 Å². The van der Waals surface area contributed by atoms with E-state index in [1.807, 2.05) is 30.3 Å². The fraction of sp³-hybridized carbons (Fsp3) is 0.455. The van der Waals surface area contributed by atoms with Gasteiger partial charge in [-0.15, -0.1) is 0 Å². The van der Waals surface area contributed by atoms with E-state index >= 15 is 0 Å². The van der Waals surface area contributed by atoms with Crippen LogP contribution in [-0.2, 0) is 10.7 Å². The van der Waals surface area contributed by atoms with Gasteiger partial charge in [0, 0.05) is 5.16 Å². The van der Waals surface area contributed by atoms with Crippen LogP contribution in [-0.4, -0.2) is 10.0 Å². The number of benzene rings is 1. The Bertz CT molecular complexity index is 338. The molecule has 0 aliphatic rings. The molecular formula is C11H17O2P. The molecule has 1 unspecified atom stereocenters. The van der Waals surface area contributed by atoms with Gasteiger partial charge in [0.25, 0.3) is 0 Å². The van der Waals surface area contributed by atoms with E-state index < -0.39 is 12.5 Å². The molecule has 0 heterocycles. The Morgan fingerprint density at radius 2 is 1.71 bits per heavy atom. The molecule has 1 atom stereocenters. The molecule has 0 radical (unpaired) electrons. The molecule has 2 nitrogen and oxygen atoms in total. The highest BCUT2D eigenvalue weighted by Crippen LogP contribution is 2.56. The Hall–Kier alpha value is -0.590. The summed E-state index contributed by atoms with van der Waals surface area (Å²) in [6.45, 7) is 5.41. The molecule has 1 rings (SSSR count). The second-order valence-electron chi connectivity index (χ2n) is 4.52. The zero-order chi connectivity index (χ0) is 10.8. The van der Waals surface area contributed by atoms with Crippen molar-refractivity contribution in [3.63, 3.8) is 0 Å². The molecule has 0 bridgehead atoms. The van der Waals surface area contributed by atoms with E-state index in [9.17, 15) is 9.46 Å². The highest BCUT2D eigenvalue weighted by atomic mass is 31.2. The van der Waals surface area contributed by atoms with Crippen molar-refractivity contribution in [2.24, 2.45) is 0 Å². The summed E-state index contributed by atoms with van der Waals surface area (Å²) in [7, 11) is -3.10. The Morgan fingerprint density at radius 3 is 2.14 bits per heavy atom. The van der Waals surface area contributed by atoms with Crippen LogP contribution in [0.4, 0.5) is 0 Å². The lowest BCUT2D eigenvalue weighted by Gasteiger charge is -2.25. The maximum absolute atomic E-state index is 12.0. The largest absolute Gasteiger partial charge is 0.344 e. The van der Waals surface area contributed by atoms with Gasteiger partial charge in [0.2, 0.25) is 7.37 Å². The van der Waals surface area contributed by atoms with Crippen LogP contribution < -0.4 is 0 Å². The van der Waals surface area contributed by atoms with E-state index in [0.29, 0.717) is 0 Å². The zero-order valence-electron chi connectivity index (χ0n) is 8.90. The maximum atomic E-state index is 12.0. The van der Waals surface area contributed by atoms with Crippen molar-refractivity contribution in [2.45, 2.75) is 32.1 Å². The van der Waals surface area contributed by atoms with E-state index in [2.05, 4.69) is 0 Å². The summed E-state index contributed by atoms with van der Waals surface area (Å²) < 4.78 is 12.0. The Balaban J connectivity index is 2.85. The fourth-order valence-electron chi connectivity index (χ4n) is 1.07. The summed E-state index contributed by atoms with van der Waals surface area (Å²) in [5.41, 5.74) is 0.924. The third kappa shape index (κ3) is 2.70. The van der Waals surface area contributed by atoms with Crippen LogP contribution in [0.1, 0.15) is 26.3 Å². The number of rotatable bonds is 2. The molecule has 3 heteroatoms. The quantitative estimate of drug-likeness (QED) is 0.764. The summed E-state index contributed by atoms with van der Waals surface area (Å²) in [6, 6.07) is 9.45. The van der Waals surface area contributed by atoms with Gasteiger partial charge >= 0.3 is 0 Å². The third-order valence-electron chi connectivity index (χ3n) is 2.29. The minimum atomic E-state index is -3.10. The number of hydrogen-bond donors (Lipinski definition) is 1. The minimum Gasteiger partial charge on any atom is -0.344 e. The van der Waals surface area contributed by atoms with Crippen LogP contribution >= 0.6 is 7.37 Å². The normalized spacial score (nSPS) is 16.3. The van der Waals surface area contributed by atoms with Crippen molar-refractivity contribution in [3.8, 4) is 0 Å².